The van der Waals surface area contributed by atoms with Gasteiger partial charge in [-0.1, -0.05) is 6.07 Å². The highest BCUT2D eigenvalue weighted by atomic mass is 32.1. The zero-order valence-corrected chi connectivity index (χ0v) is 9.72. The average molecular weight is 231 g/mol. The molecule has 0 unspecified atom stereocenters. The second kappa shape index (κ2) is 3.92. The summed E-state index contributed by atoms with van der Waals surface area (Å²) < 4.78 is 5.50. The first kappa shape index (κ1) is 9.87. The van der Waals surface area contributed by atoms with Gasteiger partial charge in [-0.25, -0.2) is 0 Å². The molecule has 0 bridgehead atoms. The summed E-state index contributed by atoms with van der Waals surface area (Å²) in [7, 11) is 0. The van der Waals surface area contributed by atoms with Crippen molar-refractivity contribution >= 4 is 11.3 Å². The van der Waals surface area contributed by atoms with E-state index in [0.29, 0.717) is 6.54 Å². The van der Waals surface area contributed by atoms with Gasteiger partial charge in [0.1, 0.15) is 5.75 Å². The van der Waals surface area contributed by atoms with Crippen LogP contribution in [-0.2, 0) is 13.0 Å². The van der Waals surface area contributed by atoms with Crippen LogP contribution in [0, 0.1) is 0 Å². The minimum Gasteiger partial charge on any atom is -0.493 e. The Morgan fingerprint density at radius 3 is 3.00 bits per heavy atom. The van der Waals surface area contributed by atoms with Crippen molar-refractivity contribution in [1.29, 1.82) is 0 Å². The van der Waals surface area contributed by atoms with E-state index in [1.165, 1.54) is 21.6 Å². The van der Waals surface area contributed by atoms with Crippen LogP contribution in [0.15, 0.2) is 29.6 Å². The highest BCUT2D eigenvalue weighted by Crippen LogP contribution is 2.32. The van der Waals surface area contributed by atoms with E-state index in [-0.39, 0.29) is 0 Å². The topological polar surface area (TPSA) is 35.2 Å². The van der Waals surface area contributed by atoms with Crippen molar-refractivity contribution in [3.8, 4) is 16.9 Å². The number of hydrogen-bond donors (Lipinski definition) is 1. The Bertz CT molecular complexity index is 518. The Kier molecular flexibility index (Phi) is 2.42. The maximum Gasteiger partial charge on any atom is 0.122 e. The van der Waals surface area contributed by atoms with Crippen LogP contribution < -0.4 is 10.5 Å². The number of thiophene rings is 1. The van der Waals surface area contributed by atoms with Crippen LogP contribution in [0.1, 0.15) is 10.4 Å². The van der Waals surface area contributed by atoms with Gasteiger partial charge in [-0.05, 0) is 40.3 Å². The van der Waals surface area contributed by atoms with E-state index in [0.717, 1.165) is 18.8 Å². The van der Waals surface area contributed by atoms with E-state index in [1.54, 1.807) is 11.3 Å². The SMILES string of the molecule is NCc1cc(-c2ccc3c(c2)CCO3)cs1. The first-order valence-electron chi connectivity index (χ1n) is 5.40. The summed E-state index contributed by atoms with van der Waals surface area (Å²) in [5, 5.41) is 2.17. The van der Waals surface area contributed by atoms with Crippen LogP contribution >= 0.6 is 11.3 Å². The van der Waals surface area contributed by atoms with Crippen molar-refractivity contribution in [1.82, 2.24) is 0 Å². The van der Waals surface area contributed by atoms with Crippen LogP contribution in [0.2, 0.25) is 0 Å². The highest BCUT2D eigenvalue weighted by molar-refractivity contribution is 7.10. The predicted octanol–water partition coefficient (Wildman–Crippen LogP) is 2.81. The lowest BCUT2D eigenvalue weighted by atomic mass is 10.0. The van der Waals surface area contributed by atoms with E-state index in [1.807, 2.05) is 0 Å². The molecular formula is C13H13NOS. The number of fused-ring (bicyclic) bond motifs is 1. The fourth-order valence-electron chi connectivity index (χ4n) is 2.01. The molecule has 0 spiro atoms. The van der Waals surface area contributed by atoms with Crippen LogP contribution in [0.5, 0.6) is 5.75 Å². The first-order valence-corrected chi connectivity index (χ1v) is 6.28. The molecule has 3 rings (SSSR count). The standard InChI is InChI=1S/C13H13NOS/c14-7-12-6-11(8-16-12)9-1-2-13-10(5-9)3-4-15-13/h1-2,5-6,8H,3-4,7,14H2. The van der Waals surface area contributed by atoms with Gasteiger partial charge in [-0.2, -0.15) is 0 Å². The van der Waals surface area contributed by atoms with Gasteiger partial charge < -0.3 is 10.5 Å². The third kappa shape index (κ3) is 1.62. The van der Waals surface area contributed by atoms with Gasteiger partial charge in [-0.3, -0.25) is 0 Å². The molecule has 0 aliphatic carbocycles. The summed E-state index contributed by atoms with van der Waals surface area (Å²) in [5.41, 5.74) is 9.47. The monoisotopic (exact) mass is 231 g/mol. The summed E-state index contributed by atoms with van der Waals surface area (Å²) in [6.07, 6.45) is 1.02. The number of hydrogen-bond acceptors (Lipinski definition) is 3. The molecule has 0 atom stereocenters. The Hall–Kier alpha value is -1.32. The lowest BCUT2D eigenvalue weighted by Crippen LogP contribution is -1.91. The van der Waals surface area contributed by atoms with Crippen molar-refractivity contribution in [3.63, 3.8) is 0 Å². The van der Waals surface area contributed by atoms with E-state index < -0.39 is 0 Å². The minimum absolute atomic E-state index is 0.624. The normalized spacial score (nSPS) is 13.6. The molecule has 1 aromatic heterocycles. The summed E-state index contributed by atoms with van der Waals surface area (Å²) in [6, 6.07) is 8.58. The molecule has 0 amide bonds. The van der Waals surface area contributed by atoms with Crippen LogP contribution in [-0.4, -0.2) is 6.61 Å². The quantitative estimate of drug-likeness (QED) is 0.862. The molecule has 1 aromatic carbocycles. The van der Waals surface area contributed by atoms with Crippen molar-refractivity contribution in [2.24, 2.45) is 5.73 Å². The number of nitrogens with two attached hydrogens (primary N) is 1. The number of ether oxygens (including phenoxy) is 1. The van der Waals surface area contributed by atoms with Gasteiger partial charge in [0.2, 0.25) is 0 Å². The van der Waals surface area contributed by atoms with E-state index >= 15 is 0 Å². The summed E-state index contributed by atoms with van der Waals surface area (Å²) in [6.45, 7) is 1.44. The molecule has 0 radical (unpaired) electrons. The van der Waals surface area contributed by atoms with Crippen molar-refractivity contribution < 1.29 is 4.74 Å². The van der Waals surface area contributed by atoms with Gasteiger partial charge in [0.05, 0.1) is 6.61 Å². The highest BCUT2D eigenvalue weighted by Gasteiger charge is 2.12. The van der Waals surface area contributed by atoms with Gasteiger partial charge in [-0.15, -0.1) is 11.3 Å². The minimum atomic E-state index is 0.624. The molecule has 0 saturated heterocycles. The second-order valence-corrected chi connectivity index (χ2v) is 4.92. The Morgan fingerprint density at radius 2 is 2.19 bits per heavy atom. The lowest BCUT2D eigenvalue weighted by Gasteiger charge is -2.01. The molecule has 2 N–H and O–H groups in total. The summed E-state index contributed by atoms with van der Waals surface area (Å²) in [4.78, 5) is 1.23. The molecule has 0 saturated carbocycles. The molecule has 0 fully saturated rings. The molecular weight excluding hydrogens is 218 g/mol. The van der Waals surface area contributed by atoms with Crippen molar-refractivity contribution in [2.45, 2.75) is 13.0 Å². The zero-order valence-electron chi connectivity index (χ0n) is 8.90. The largest absolute Gasteiger partial charge is 0.493 e. The van der Waals surface area contributed by atoms with Crippen molar-refractivity contribution in [2.75, 3.05) is 6.61 Å². The predicted molar refractivity (Wildman–Crippen MR) is 66.8 cm³/mol. The lowest BCUT2D eigenvalue weighted by molar-refractivity contribution is 0.357. The third-order valence-electron chi connectivity index (χ3n) is 2.88. The molecule has 2 aromatic rings. The third-order valence-corrected chi connectivity index (χ3v) is 3.84. The smallest absolute Gasteiger partial charge is 0.122 e. The summed E-state index contributed by atoms with van der Waals surface area (Å²) >= 11 is 1.72. The van der Waals surface area contributed by atoms with E-state index in [4.69, 9.17) is 10.5 Å². The maximum atomic E-state index is 5.62. The number of benzene rings is 1. The molecule has 1 aliphatic heterocycles. The molecule has 16 heavy (non-hydrogen) atoms. The Labute approximate surface area is 98.7 Å². The molecule has 3 heteroatoms. The molecule has 1 aliphatic rings. The van der Waals surface area contributed by atoms with E-state index in [2.05, 4.69) is 29.6 Å². The average Bonchev–Trinajstić information content (AvgIpc) is 2.96. The molecule has 82 valence electrons. The first-order chi connectivity index (χ1) is 7.86. The maximum absolute atomic E-state index is 5.62. The Morgan fingerprint density at radius 1 is 1.25 bits per heavy atom. The zero-order chi connectivity index (χ0) is 11.0. The molecule has 2 heterocycles. The fourth-order valence-corrected chi connectivity index (χ4v) is 2.78. The van der Waals surface area contributed by atoms with Crippen LogP contribution in [0.4, 0.5) is 0 Å². The van der Waals surface area contributed by atoms with Gasteiger partial charge in [0, 0.05) is 17.8 Å². The van der Waals surface area contributed by atoms with Gasteiger partial charge >= 0.3 is 0 Å². The summed E-state index contributed by atoms with van der Waals surface area (Å²) in [5.74, 6) is 1.04. The Balaban J connectivity index is 2.00. The van der Waals surface area contributed by atoms with Gasteiger partial charge in [0.25, 0.3) is 0 Å². The van der Waals surface area contributed by atoms with Gasteiger partial charge in [0.15, 0.2) is 0 Å². The van der Waals surface area contributed by atoms with Crippen LogP contribution in [0.3, 0.4) is 0 Å². The second-order valence-electron chi connectivity index (χ2n) is 3.93. The fraction of sp³-hybridized carbons (Fsp3) is 0.231. The number of rotatable bonds is 2. The van der Waals surface area contributed by atoms with Crippen molar-refractivity contribution in [3.05, 3.63) is 40.1 Å². The van der Waals surface area contributed by atoms with E-state index in [9.17, 15) is 0 Å². The molecule has 2 nitrogen and oxygen atoms in total. The van der Waals surface area contributed by atoms with Crippen LogP contribution in [0.25, 0.3) is 11.1 Å².